The third-order valence-electron chi connectivity index (χ3n) is 2.00. The van der Waals surface area contributed by atoms with E-state index in [0.717, 1.165) is 6.07 Å². The van der Waals surface area contributed by atoms with Crippen molar-refractivity contribution in [3.05, 3.63) is 18.2 Å². The first-order valence-electron chi connectivity index (χ1n) is 4.42. The molecule has 82 valence electrons. The zero-order chi connectivity index (χ0) is 10.9. The number of para-hydroxylation sites is 1. The lowest BCUT2D eigenvalue weighted by Gasteiger charge is -2.08. The molecular formula is C9H9FO4S. The molecule has 1 aliphatic rings. The molecule has 0 fully saturated rings. The number of ether oxygens (including phenoxy) is 2. The van der Waals surface area contributed by atoms with Gasteiger partial charge in [-0.05, 0) is 12.1 Å². The molecule has 0 radical (unpaired) electrons. The van der Waals surface area contributed by atoms with Crippen LogP contribution in [0.15, 0.2) is 23.1 Å². The highest BCUT2D eigenvalue weighted by atomic mass is 32.3. The molecule has 0 aromatic heterocycles. The van der Waals surface area contributed by atoms with Crippen LogP contribution in [0.2, 0.25) is 0 Å². The van der Waals surface area contributed by atoms with Crippen molar-refractivity contribution in [3.63, 3.8) is 0 Å². The smallest absolute Gasteiger partial charge is 0.335 e. The van der Waals surface area contributed by atoms with E-state index in [-0.39, 0.29) is 11.5 Å². The molecule has 0 unspecified atom stereocenters. The number of rotatable bonds is 1. The fourth-order valence-corrected chi connectivity index (χ4v) is 1.98. The van der Waals surface area contributed by atoms with E-state index >= 15 is 0 Å². The number of halogens is 1. The largest absolute Gasteiger partial charge is 0.490 e. The molecule has 0 saturated heterocycles. The van der Waals surface area contributed by atoms with Crippen LogP contribution >= 0.6 is 0 Å². The minimum Gasteiger partial charge on any atom is -0.490 e. The van der Waals surface area contributed by atoms with Crippen molar-refractivity contribution in [2.24, 2.45) is 0 Å². The van der Waals surface area contributed by atoms with Gasteiger partial charge < -0.3 is 9.47 Å². The van der Waals surface area contributed by atoms with Gasteiger partial charge in [-0.2, -0.15) is 8.42 Å². The maximum Gasteiger partial charge on any atom is 0.335 e. The zero-order valence-corrected chi connectivity index (χ0v) is 8.59. The zero-order valence-electron chi connectivity index (χ0n) is 7.77. The number of hydrogen-bond donors (Lipinski definition) is 0. The Morgan fingerprint density at radius 1 is 1.20 bits per heavy atom. The summed E-state index contributed by atoms with van der Waals surface area (Å²) >= 11 is 0. The summed E-state index contributed by atoms with van der Waals surface area (Å²) in [6, 6.07) is 4.12. The Morgan fingerprint density at radius 3 is 2.67 bits per heavy atom. The van der Waals surface area contributed by atoms with Crippen LogP contribution in [-0.2, 0) is 10.2 Å². The fraction of sp³-hybridized carbons (Fsp3) is 0.333. The molecule has 15 heavy (non-hydrogen) atoms. The predicted octanol–water partition coefficient (Wildman–Crippen LogP) is 1.51. The highest BCUT2D eigenvalue weighted by molar-refractivity contribution is 7.86. The van der Waals surface area contributed by atoms with Gasteiger partial charge in [-0.1, -0.05) is 6.07 Å². The molecule has 0 amide bonds. The Balaban J connectivity index is 2.58. The Morgan fingerprint density at radius 2 is 1.93 bits per heavy atom. The van der Waals surface area contributed by atoms with Gasteiger partial charge in [0.05, 0.1) is 13.2 Å². The average Bonchev–Trinajstić information content (AvgIpc) is 2.39. The summed E-state index contributed by atoms with van der Waals surface area (Å²) in [7, 11) is -4.77. The Bertz CT molecular complexity index is 469. The average molecular weight is 232 g/mol. The van der Waals surface area contributed by atoms with Crippen LogP contribution < -0.4 is 9.47 Å². The summed E-state index contributed by atoms with van der Waals surface area (Å²) in [6.45, 7) is 0.752. The molecule has 6 heteroatoms. The SMILES string of the molecule is O=S(=O)(F)c1cccc2c1OCCCO2. The van der Waals surface area contributed by atoms with Crippen LogP contribution in [0.4, 0.5) is 3.89 Å². The lowest BCUT2D eigenvalue weighted by molar-refractivity contribution is 0.294. The molecule has 2 rings (SSSR count). The van der Waals surface area contributed by atoms with Gasteiger partial charge in [0.15, 0.2) is 11.5 Å². The summed E-state index contributed by atoms with van der Waals surface area (Å²) in [5.41, 5.74) is 0. The lowest BCUT2D eigenvalue weighted by atomic mass is 10.3. The van der Waals surface area contributed by atoms with Gasteiger partial charge in [-0.15, -0.1) is 3.89 Å². The number of fused-ring (bicyclic) bond motifs is 1. The van der Waals surface area contributed by atoms with Gasteiger partial charge in [0, 0.05) is 6.42 Å². The Kier molecular flexibility index (Phi) is 2.52. The maximum atomic E-state index is 12.9. The minimum absolute atomic E-state index is 0.0301. The molecular weight excluding hydrogens is 223 g/mol. The first-order valence-corrected chi connectivity index (χ1v) is 5.80. The maximum absolute atomic E-state index is 12.9. The predicted molar refractivity (Wildman–Crippen MR) is 50.3 cm³/mol. The summed E-state index contributed by atoms with van der Waals surface area (Å²) in [5.74, 6) is 0.240. The van der Waals surface area contributed by atoms with Crippen LogP contribution in [0.5, 0.6) is 11.5 Å². The van der Waals surface area contributed by atoms with Crippen molar-refractivity contribution in [1.82, 2.24) is 0 Å². The quantitative estimate of drug-likeness (QED) is 0.689. The van der Waals surface area contributed by atoms with Crippen molar-refractivity contribution in [1.29, 1.82) is 0 Å². The summed E-state index contributed by atoms with van der Waals surface area (Å²) in [6.07, 6.45) is 0.639. The summed E-state index contributed by atoms with van der Waals surface area (Å²) in [5, 5.41) is 0. The Labute approximate surface area is 86.8 Å². The molecule has 0 atom stereocenters. The topological polar surface area (TPSA) is 52.6 Å². The van der Waals surface area contributed by atoms with Crippen molar-refractivity contribution >= 4 is 10.2 Å². The van der Waals surface area contributed by atoms with E-state index in [2.05, 4.69) is 0 Å². The molecule has 4 nitrogen and oxygen atoms in total. The lowest BCUT2D eigenvalue weighted by Crippen LogP contribution is -2.00. The molecule has 0 saturated carbocycles. The van der Waals surface area contributed by atoms with E-state index in [9.17, 15) is 12.3 Å². The van der Waals surface area contributed by atoms with Crippen LogP contribution in [0.25, 0.3) is 0 Å². The fourth-order valence-electron chi connectivity index (χ4n) is 1.36. The first kappa shape index (κ1) is 10.2. The van der Waals surface area contributed by atoms with Crippen LogP contribution in [-0.4, -0.2) is 21.6 Å². The van der Waals surface area contributed by atoms with E-state index in [1.54, 1.807) is 6.07 Å². The summed E-state index contributed by atoms with van der Waals surface area (Å²) in [4.78, 5) is -0.470. The van der Waals surface area contributed by atoms with Crippen LogP contribution in [0.3, 0.4) is 0 Å². The second-order valence-corrected chi connectivity index (χ2v) is 4.39. The van der Waals surface area contributed by atoms with Gasteiger partial charge in [0.2, 0.25) is 0 Å². The van der Waals surface area contributed by atoms with Gasteiger partial charge in [0.25, 0.3) is 0 Å². The van der Waals surface area contributed by atoms with Crippen LogP contribution in [0, 0.1) is 0 Å². The standard InChI is InChI=1S/C9H9FO4S/c10-15(11,12)8-4-1-3-7-9(8)14-6-2-5-13-7/h1,3-4H,2,5-6H2. The molecule has 0 aliphatic carbocycles. The van der Waals surface area contributed by atoms with Gasteiger partial charge in [-0.25, -0.2) is 0 Å². The van der Waals surface area contributed by atoms with Gasteiger partial charge in [-0.3, -0.25) is 0 Å². The second kappa shape index (κ2) is 3.69. The molecule has 0 bridgehead atoms. The molecule has 1 heterocycles. The molecule has 1 aliphatic heterocycles. The van der Waals surface area contributed by atoms with Crippen molar-refractivity contribution in [2.45, 2.75) is 11.3 Å². The van der Waals surface area contributed by atoms with Crippen LogP contribution in [0.1, 0.15) is 6.42 Å². The monoisotopic (exact) mass is 232 g/mol. The Hall–Kier alpha value is -1.30. The highest BCUT2D eigenvalue weighted by Gasteiger charge is 2.23. The van der Waals surface area contributed by atoms with Gasteiger partial charge >= 0.3 is 10.2 Å². The van der Waals surface area contributed by atoms with E-state index in [1.165, 1.54) is 6.07 Å². The molecule has 1 aromatic carbocycles. The van der Waals surface area contributed by atoms with Crippen molar-refractivity contribution < 1.29 is 21.8 Å². The summed E-state index contributed by atoms with van der Waals surface area (Å²) < 4.78 is 44.9. The van der Waals surface area contributed by atoms with E-state index in [1.807, 2.05) is 0 Å². The highest BCUT2D eigenvalue weighted by Crippen LogP contribution is 2.36. The second-order valence-electron chi connectivity index (χ2n) is 3.07. The van der Waals surface area contributed by atoms with Crippen molar-refractivity contribution in [2.75, 3.05) is 13.2 Å². The van der Waals surface area contributed by atoms with E-state index < -0.39 is 15.1 Å². The third kappa shape index (κ3) is 2.04. The number of hydrogen-bond acceptors (Lipinski definition) is 4. The third-order valence-corrected chi connectivity index (χ3v) is 2.84. The van der Waals surface area contributed by atoms with Crippen molar-refractivity contribution in [3.8, 4) is 11.5 Å². The normalized spacial score (nSPS) is 15.8. The van der Waals surface area contributed by atoms with Gasteiger partial charge in [0.1, 0.15) is 4.90 Å². The molecule has 0 N–H and O–H groups in total. The first-order chi connectivity index (χ1) is 7.09. The van der Waals surface area contributed by atoms with E-state index in [0.29, 0.717) is 19.6 Å². The van der Waals surface area contributed by atoms with E-state index in [4.69, 9.17) is 9.47 Å². The minimum atomic E-state index is -4.77. The number of benzene rings is 1. The molecule has 0 spiro atoms. The molecule has 1 aromatic rings.